The second kappa shape index (κ2) is 7.53. The Labute approximate surface area is 180 Å². The summed E-state index contributed by atoms with van der Waals surface area (Å²) in [6.07, 6.45) is 3.27. The maximum absolute atomic E-state index is 12.9. The van der Waals surface area contributed by atoms with E-state index in [4.69, 9.17) is 0 Å². The highest BCUT2D eigenvalue weighted by Crippen LogP contribution is 2.30. The van der Waals surface area contributed by atoms with Gasteiger partial charge in [-0.05, 0) is 42.2 Å². The van der Waals surface area contributed by atoms with Gasteiger partial charge in [-0.1, -0.05) is 52.3 Å². The summed E-state index contributed by atoms with van der Waals surface area (Å²) in [7, 11) is 0. The number of amides is 1. The van der Waals surface area contributed by atoms with E-state index in [9.17, 15) is 9.59 Å². The van der Waals surface area contributed by atoms with Crippen LogP contribution in [-0.2, 0) is 17.8 Å². The minimum absolute atomic E-state index is 0.0212. The Balaban J connectivity index is 1.37. The lowest BCUT2D eigenvalue weighted by Gasteiger charge is -2.14. The van der Waals surface area contributed by atoms with E-state index in [2.05, 4.69) is 37.5 Å². The summed E-state index contributed by atoms with van der Waals surface area (Å²) >= 11 is 3.41. The number of nitrogens with zero attached hydrogens (tertiary/aromatic N) is 4. The first-order chi connectivity index (χ1) is 14.6. The number of halogens is 1. The first-order valence-corrected chi connectivity index (χ1v) is 10.5. The van der Waals surface area contributed by atoms with Gasteiger partial charge in [-0.15, -0.1) is 0 Å². The Hall–Kier alpha value is -3.26. The Morgan fingerprint density at radius 1 is 1.17 bits per heavy atom. The van der Waals surface area contributed by atoms with E-state index in [0.29, 0.717) is 11.2 Å². The molecule has 0 radical (unpaired) electrons. The molecule has 1 aliphatic carbocycles. The monoisotopic (exact) mass is 463 g/mol. The van der Waals surface area contributed by atoms with Crippen LogP contribution in [0.15, 0.2) is 70.2 Å². The number of rotatable bonds is 4. The number of aryl methyl sites for hydroxylation is 1. The van der Waals surface area contributed by atoms with Crippen molar-refractivity contribution in [1.29, 1.82) is 0 Å². The fourth-order valence-electron chi connectivity index (χ4n) is 3.90. The quantitative estimate of drug-likeness (QED) is 0.503. The smallest absolute Gasteiger partial charge is 0.293 e. The fraction of sp³-hybridized carbons (Fsp3) is 0.182. The largest absolute Gasteiger partial charge is 0.348 e. The molecule has 150 valence electrons. The number of carbonyl (C=O) groups is 1. The van der Waals surface area contributed by atoms with E-state index >= 15 is 0 Å². The molecule has 0 unspecified atom stereocenters. The van der Waals surface area contributed by atoms with Crippen molar-refractivity contribution in [3.63, 3.8) is 0 Å². The van der Waals surface area contributed by atoms with Crippen molar-refractivity contribution < 1.29 is 4.79 Å². The lowest BCUT2D eigenvalue weighted by molar-refractivity contribution is -0.122. The molecule has 1 aliphatic rings. The zero-order valence-corrected chi connectivity index (χ0v) is 17.5. The topological polar surface area (TPSA) is 81.3 Å². The molecule has 1 amide bonds. The molecule has 0 aliphatic heterocycles. The van der Waals surface area contributed by atoms with Gasteiger partial charge >= 0.3 is 0 Å². The van der Waals surface area contributed by atoms with Crippen LogP contribution in [0.5, 0.6) is 0 Å². The zero-order valence-electron chi connectivity index (χ0n) is 16.0. The molecule has 2 aromatic carbocycles. The summed E-state index contributed by atoms with van der Waals surface area (Å²) in [6, 6.07) is 17.5. The van der Waals surface area contributed by atoms with Crippen LogP contribution in [0.2, 0.25) is 0 Å². The maximum atomic E-state index is 12.9. The number of nitrogens with one attached hydrogen (secondary N) is 1. The number of aromatic nitrogens is 4. The van der Waals surface area contributed by atoms with E-state index in [1.54, 1.807) is 6.07 Å². The fourth-order valence-corrected chi connectivity index (χ4v) is 4.16. The highest BCUT2D eigenvalue weighted by atomic mass is 79.9. The molecule has 2 aromatic heterocycles. The molecule has 0 fully saturated rings. The van der Waals surface area contributed by atoms with Crippen molar-refractivity contribution >= 4 is 27.4 Å². The van der Waals surface area contributed by atoms with E-state index in [1.165, 1.54) is 21.1 Å². The van der Waals surface area contributed by atoms with Gasteiger partial charge in [-0.2, -0.15) is 10.2 Å². The molecular weight excluding hydrogens is 446 g/mol. The van der Waals surface area contributed by atoms with Crippen LogP contribution in [0.25, 0.3) is 16.8 Å². The molecule has 5 rings (SSSR count). The molecule has 2 heterocycles. The predicted molar refractivity (Wildman–Crippen MR) is 116 cm³/mol. The summed E-state index contributed by atoms with van der Waals surface area (Å²) in [5, 5.41) is 11.6. The third-order valence-electron chi connectivity index (χ3n) is 5.39. The van der Waals surface area contributed by atoms with Crippen molar-refractivity contribution in [2.24, 2.45) is 0 Å². The summed E-state index contributed by atoms with van der Waals surface area (Å²) in [4.78, 5) is 25.4. The Morgan fingerprint density at radius 2 is 1.97 bits per heavy atom. The van der Waals surface area contributed by atoms with Crippen molar-refractivity contribution in [2.45, 2.75) is 25.4 Å². The van der Waals surface area contributed by atoms with Crippen LogP contribution in [0.3, 0.4) is 0 Å². The molecule has 0 saturated heterocycles. The van der Waals surface area contributed by atoms with Gasteiger partial charge < -0.3 is 5.32 Å². The van der Waals surface area contributed by atoms with Crippen molar-refractivity contribution in [2.75, 3.05) is 0 Å². The van der Waals surface area contributed by atoms with Crippen LogP contribution >= 0.6 is 15.9 Å². The first kappa shape index (κ1) is 18.7. The molecule has 0 saturated carbocycles. The molecule has 7 nitrogen and oxygen atoms in total. The van der Waals surface area contributed by atoms with Crippen molar-refractivity contribution in [3.8, 4) is 11.3 Å². The second-order valence-corrected chi connectivity index (χ2v) is 8.23. The number of hydrogen-bond donors (Lipinski definition) is 1. The third kappa shape index (κ3) is 3.43. The van der Waals surface area contributed by atoms with E-state index in [-0.39, 0.29) is 24.1 Å². The predicted octanol–water partition coefficient (Wildman–Crippen LogP) is 3.12. The number of carbonyl (C=O) groups excluding carboxylic acids is 1. The highest BCUT2D eigenvalue weighted by molar-refractivity contribution is 9.10. The maximum Gasteiger partial charge on any atom is 0.293 e. The molecule has 0 bridgehead atoms. The van der Waals surface area contributed by atoms with E-state index < -0.39 is 0 Å². The number of hydrogen-bond acceptors (Lipinski definition) is 4. The number of fused-ring (bicyclic) bond motifs is 2. The zero-order chi connectivity index (χ0) is 20.7. The summed E-state index contributed by atoms with van der Waals surface area (Å²) in [5.41, 5.74) is 4.00. The minimum atomic E-state index is -0.352. The van der Waals surface area contributed by atoms with Gasteiger partial charge in [0, 0.05) is 10.0 Å². The lowest BCUT2D eigenvalue weighted by Crippen LogP contribution is -2.35. The second-order valence-electron chi connectivity index (χ2n) is 7.32. The summed E-state index contributed by atoms with van der Waals surface area (Å²) in [6.45, 7) is -0.132. The summed E-state index contributed by atoms with van der Waals surface area (Å²) < 4.78 is 3.59. The Bertz CT molecular complexity index is 1310. The SMILES string of the molecule is O=C(Cn1ncn2nc(-c3ccc(Br)cc3)cc2c1=O)N[C@H]1CCc2ccccc21. The van der Waals surface area contributed by atoms with Gasteiger partial charge in [-0.25, -0.2) is 9.20 Å². The highest BCUT2D eigenvalue weighted by Gasteiger charge is 2.23. The average Bonchev–Trinajstić information content (AvgIpc) is 3.36. The van der Waals surface area contributed by atoms with Gasteiger partial charge in [0.2, 0.25) is 5.91 Å². The normalized spacial score (nSPS) is 15.3. The molecule has 1 N–H and O–H groups in total. The lowest BCUT2D eigenvalue weighted by atomic mass is 10.1. The Morgan fingerprint density at radius 3 is 2.80 bits per heavy atom. The minimum Gasteiger partial charge on any atom is -0.348 e. The molecule has 0 spiro atoms. The third-order valence-corrected chi connectivity index (χ3v) is 5.92. The molecular formula is C22H18BrN5O2. The van der Waals surface area contributed by atoms with Gasteiger partial charge in [0.25, 0.3) is 5.56 Å². The van der Waals surface area contributed by atoms with Crippen LogP contribution < -0.4 is 10.9 Å². The van der Waals surface area contributed by atoms with Gasteiger partial charge in [0.1, 0.15) is 18.4 Å². The van der Waals surface area contributed by atoms with Gasteiger partial charge in [-0.3, -0.25) is 9.59 Å². The van der Waals surface area contributed by atoms with Gasteiger partial charge in [0.05, 0.1) is 11.7 Å². The molecule has 30 heavy (non-hydrogen) atoms. The van der Waals surface area contributed by atoms with E-state index in [1.807, 2.05) is 42.5 Å². The molecule has 1 atom stereocenters. The van der Waals surface area contributed by atoms with E-state index in [0.717, 1.165) is 28.4 Å². The van der Waals surface area contributed by atoms with Crippen molar-refractivity contribution in [1.82, 2.24) is 24.7 Å². The molecule has 4 aromatic rings. The standard InChI is InChI=1S/C22H18BrN5O2/c23-16-8-5-15(6-9-16)19-11-20-22(30)27(24-13-28(20)26-19)12-21(29)25-18-10-7-14-3-1-2-4-17(14)18/h1-6,8-9,11,13,18H,7,10,12H2,(H,25,29)/t18-/m0/s1. The van der Waals surface area contributed by atoms with Crippen LogP contribution in [0.1, 0.15) is 23.6 Å². The first-order valence-electron chi connectivity index (χ1n) is 9.67. The molecule has 8 heteroatoms. The summed E-state index contributed by atoms with van der Waals surface area (Å²) in [5.74, 6) is -0.233. The van der Waals surface area contributed by atoms with Gasteiger partial charge in [0.15, 0.2) is 0 Å². The Kier molecular flexibility index (Phi) is 4.71. The average molecular weight is 464 g/mol. The van der Waals surface area contributed by atoms with Crippen LogP contribution in [-0.4, -0.2) is 25.3 Å². The van der Waals surface area contributed by atoms with Crippen LogP contribution in [0.4, 0.5) is 0 Å². The van der Waals surface area contributed by atoms with Crippen LogP contribution in [0, 0.1) is 0 Å². The van der Waals surface area contributed by atoms with Crippen molar-refractivity contribution in [3.05, 3.63) is 86.9 Å². The number of benzene rings is 2.